The molecule has 1 amide bonds. The monoisotopic (exact) mass is 337 g/mol. The number of aromatic nitrogens is 3. The lowest BCUT2D eigenvalue weighted by molar-refractivity contribution is -0.136. The van der Waals surface area contributed by atoms with E-state index in [2.05, 4.69) is 15.4 Å². The Morgan fingerprint density at radius 1 is 1.48 bits per heavy atom. The van der Waals surface area contributed by atoms with Crippen LogP contribution in [0.15, 0.2) is 12.7 Å². The summed E-state index contributed by atoms with van der Waals surface area (Å²) in [5, 5.41) is 7.20. The number of halogens is 2. The maximum atomic E-state index is 12.3. The molecule has 2 heterocycles. The first kappa shape index (κ1) is 20.1. The van der Waals surface area contributed by atoms with E-state index in [0.29, 0.717) is 5.92 Å². The first-order chi connectivity index (χ1) is 9.20. The Labute approximate surface area is 138 Å². The second-order valence-corrected chi connectivity index (χ2v) is 5.37. The van der Waals surface area contributed by atoms with Gasteiger partial charge >= 0.3 is 0 Å². The maximum absolute atomic E-state index is 12.3. The van der Waals surface area contributed by atoms with Gasteiger partial charge in [-0.3, -0.25) is 9.48 Å². The molecule has 1 aliphatic heterocycles. The number of nitrogens with zero attached hydrogens (tertiary/aromatic N) is 4. The van der Waals surface area contributed by atoms with E-state index < -0.39 is 0 Å². The minimum absolute atomic E-state index is 0. The predicted octanol–water partition coefficient (Wildman–Crippen LogP) is 1.22. The van der Waals surface area contributed by atoms with Crippen LogP contribution in [0.25, 0.3) is 0 Å². The van der Waals surface area contributed by atoms with Crippen molar-refractivity contribution in [2.45, 2.75) is 26.3 Å². The van der Waals surface area contributed by atoms with Crippen molar-refractivity contribution in [3.63, 3.8) is 0 Å². The zero-order valence-corrected chi connectivity index (χ0v) is 14.2. The van der Waals surface area contributed by atoms with Crippen LogP contribution < -0.4 is 5.32 Å². The molecule has 8 heteroatoms. The summed E-state index contributed by atoms with van der Waals surface area (Å²) in [5.41, 5.74) is 0. The van der Waals surface area contributed by atoms with Crippen molar-refractivity contribution < 1.29 is 4.79 Å². The molecule has 0 aromatic carbocycles. The minimum Gasteiger partial charge on any atom is -0.342 e. The lowest BCUT2D eigenvalue weighted by atomic mass is 9.96. The van der Waals surface area contributed by atoms with Gasteiger partial charge in [-0.05, 0) is 25.8 Å². The fourth-order valence-electron chi connectivity index (χ4n) is 2.71. The lowest BCUT2D eigenvalue weighted by Crippen LogP contribution is -2.45. The van der Waals surface area contributed by atoms with Crippen molar-refractivity contribution in [2.75, 3.05) is 26.7 Å². The molecule has 1 aromatic rings. The van der Waals surface area contributed by atoms with Crippen LogP contribution in [0, 0.1) is 11.8 Å². The Balaban J connectivity index is 0.00000200. The molecule has 0 aliphatic carbocycles. The first-order valence-corrected chi connectivity index (χ1v) is 6.96. The van der Waals surface area contributed by atoms with Gasteiger partial charge < -0.3 is 10.2 Å². The van der Waals surface area contributed by atoms with E-state index in [9.17, 15) is 4.79 Å². The molecular weight excluding hydrogens is 313 g/mol. The van der Waals surface area contributed by atoms with Crippen LogP contribution in [0.3, 0.4) is 0 Å². The molecule has 1 fully saturated rings. The molecule has 1 aromatic heterocycles. The second kappa shape index (κ2) is 9.97. The standard InChI is InChI=1S/C13H23N5O.2ClH/c1-11(6-14-2)13(19)17-5-3-4-12(7-17)8-18-10-15-9-16-18;;/h9-12,14H,3-8H2,1-2H3;2*1H. The Bertz CT molecular complexity index is 401. The number of nitrogens with one attached hydrogen (secondary N) is 1. The quantitative estimate of drug-likeness (QED) is 0.877. The molecule has 1 saturated heterocycles. The van der Waals surface area contributed by atoms with Crippen LogP contribution in [-0.2, 0) is 11.3 Å². The van der Waals surface area contributed by atoms with E-state index in [-0.39, 0.29) is 36.6 Å². The Kier molecular flexibility index (Phi) is 9.57. The highest BCUT2D eigenvalue weighted by Crippen LogP contribution is 2.19. The first-order valence-electron chi connectivity index (χ1n) is 6.96. The Hall–Kier alpha value is -0.850. The number of hydrogen-bond acceptors (Lipinski definition) is 4. The molecular formula is C13H25Cl2N5O. The van der Waals surface area contributed by atoms with Crippen LogP contribution in [0.4, 0.5) is 0 Å². The summed E-state index contributed by atoms with van der Waals surface area (Å²) in [6.45, 7) is 5.31. The normalized spacial score (nSPS) is 19.3. The van der Waals surface area contributed by atoms with Crippen LogP contribution in [0.2, 0.25) is 0 Å². The number of hydrogen-bond donors (Lipinski definition) is 1. The summed E-state index contributed by atoms with van der Waals surface area (Å²) in [6.07, 6.45) is 5.53. The lowest BCUT2D eigenvalue weighted by Gasteiger charge is -2.34. The van der Waals surface area contributed by atoms with Crippen LogP contribution in [0.5, 0.6) is 0 Å². The highest BCUT2D eigenvalue weighted by atomic mass is 35.5. The molecule has 0 saturated carbocycles. The molecule has 1 aliphatic rings. The fraction of sp³-hybridized carbons (Fsp3) is 0.769. The van der Waals surface area contributed by atoms with E-state index in [1.54, 1.807) is 12.7 Å². The topological polar surface area (TPSA) is 63.1 Å². The molecule has 122 valence electrons. The van der Waals surface area contributed by atoms with Gasteiger partial charge in [0, 0.05) is 32.1 Å². The van der Waals surface area contributed by atoms with Gasteiger partial charge in [-0.1, -0.05) is 6.92 Å². The minimum atomic E-state index is 0. The van der Waals surface area contributed by atoms with Crippen molar-refractivity contribution in [1.29, 1.82) is 0 Å². The van der Waals surface area contributed by atoms with Crippen molar-refractivity contribution in [3.05, 3.63) is 12.7 Å². The molecule has 2 rings (SSSR count). The summed E-state index contributed by atoms with van der Waals surface area (Å²) in [6, 6.07) is 0. The van der Waals surface area contributed by atoms with E-state index in [4.69, 9.17) is 0 Å². The number of piperidine rings is 1. The smallest absolute Gasteiger partial charge is 0.226 e. The summed E-state index contributed by atoms with van der Waals surface area (Å²) in [4.78, 5) is 18.3. The third-order valence-corrected chi connectivity index (χ3v) is 3.67. The van der Waals surface area contributed by atoms with Crippen LogP contribution in [-0.4, -0.2) is 52.3 Å². The number of carbonyl (C=O) groups excluding carboxylic acids is 1. The Morgan fingerprint density at radius 2 is 2.24 bits per heavy atom. The molecule has 21 heavy (non-hydrogen) atoms. The second-order valence-electron chi connectivity index (χ2n) is 5.37. The number of likely N-dealkylation sites (tertiary alicyclic amines) is 1. The summed E-state index contributed by atoms with van der Waals surface area (Å²) in [7, 11) is 1.88. The van der Waals surface area contributed by atoms with Crippen LogP contribution >= 0.6 is 24.8 Å². The average molecular weight is 338 g/mol. The molecule has 0 bridgehead atoms. The van der Waals surface area contributed by atoms with Crippen molar-refractivity contribution >= 4 is 30.7 Å². The highest BCUT2D eigenvalue weighted by molar-refractivity contribution is 5.85. The van der Waals surface area contributed by atoms with E-state index in [1.807, 2.05) is 23.6 Å². The zero-order valence-electron chi connectivity index (χ0n) is 12.6. The molecule has 2 atom stereocenters. The number of rotatable bonds is 5. The summed E-state index contributed by atoms with van der Waals surface area (Å²) in [5.74, 6) is 0.800. The predicted molar refractivity (Wildman–Crippen MR) is 86.9 cm³/mol. The molecule has 6 nitrogen and oxygen atoms in total. The van der Waals surface area contributed by atoms with E-state index >= 15 is 0 Å². The largest absolute Gasteiger partial charge is 0.342 e. The molecule has 0 spiro atoms. The van der Waals surface area contributed by atoms with E-state index in [1.165, 1.54) is 0 Å². The highest BCUT2D eigenvalue weighted by Gasteiger charge is 2.26. The number of amides is 1. The van der Waals surface area contributed by atoms with Gasteiger partial charge in [-0.15, -0.1) is 24.8 Å². The number of carbonyl (C=O) groups is 1. The van der Waals surface area contributed by atoms with Crippen molar-refractivity contribution in [3.8, 4) is 0 Å². The van der Waals surface area contributed by atoms with Gasteiger partial charge in [0.25, 0.3) is 0 Å². The maximum Gasteiger partial charge on any atom is 0.226 e. The average Bonchev–Trinajstić information content (AvgIpc) is 2.91. The molecule has 1 N–H and O–H groups in total. The van der Waals surface area contributed by atoms with Crippen molar-refractivity contribution in [2.24, 2.45) is 11.8 Å². The third-order valence-electron chi connectivity index (χ3n) is 3.67. The summed E-state index contributed by atoms with van der Waals surface area (Å²) < 4.78 is 1.86. The van der Waals surface area contributed by atoms with Gasteiger partial charge in [-0.25, -0.2) is 4.98 Å². The third kappa shape index (κ3) is 5.80. The van der Waals surface area contributed by atoms with Gasteiger partial charge in [0.2, 0.25) is 5.91 Å². The Morgan fingerprint density at radius 3 is 2.86 bits per heavy atom. The SMILES string of the molecule is CNCC(C)C(=O)N1CCCC(Cn2cncn2)C1.Cl.Cl. The zero-order chi connectivity index (χ0) is 13.7. The van der Waals surface area contributed by atoms with E-state index in [0.717, 1.165) is 39.0 Å². The molecule has 2 unspecified atom stereocenters. The van der Waals surface area contributed by atoms with Gasteiger partial charge in [0.1, 0.15) is 12.7 Å². The molecule has 0 radical (unpaired) electrons. The van der Waals surface area contributed by atoms with Crippen molar-refractivity contribution in [1.82, 2.24) is 25.0 Å². The van der Waals surface area contributed by atoms with Gasteiger partial charge in [0.05, 0.1) is 0 Å². The van der Waals surface area contributed by atoms with Gasteiger partial charge in [0.15, 0.2) is 0 Å². The van der Waals surface area contributed by atoms with Crippen LogP contribution in [0.1, 0.15) is 19.8 Å². The fourth-order valence-corrected chi connectivity index (χ4v) is 2.71. The summed E-state index contributed by atoms with van der Waals surface area (Å²) >= 11 is 0. The van der Waals surface area contributed by atoms with Gasteiger partial charge in [-0.2, -0.15) is 5.10 Å².